The van der Waals surface area contributed by atoms with Crippen molar-refractivity contribution in [1.29, 1.82) is 0 Å². The Hall–Kier alpha value is -4.14. The molecule has 3 aromatic rings. The number of hydrogen-bond donors (Lipinski definition) is 1. The molecule has 6 nitrogen and oxygen atoms in total. The molecule has 1 fully saturated rings. The van der Waals surface area contributed by atoms with Crippen molar-refractivity contribution in [3.63, 3.8) is 0 Å². The minimum absolute atomic E-state index is 0.184. The van der Waals surface area contributed by atoms with Gasteiger partial charge in [-0.05, 0) is 61.0 Å². The Kier molecular flexibility index (Phi) is 6.59. The summed E-state index contributed by atoms with van der Waals surface area (Å²) in [5, 5.41) is 11.1. The van der Waals surface area contributed by atoms with Gasteiger partial charge < -0.3 is 14.7 Å². The van der Waals surface area contributed by atoms with Crippen LogP contribution in [0.25, 0.3) is 5.76 Å². The first-order valence-corrected chi connectivity index (χ1v) is 10.8. The van der Waals surface area contributed by atoms with Crippen LogP contribution < -0.4 is 4.74 Å². The van der Waals surface area contributed by atoms with Crippen LogP contribution in [0.5, 0.6) is 5.75 Å². The number of hydrogen-bond acceptors (Lipinski definition) is 5. The van der Waals surface area contributed by atoms with Crippen molar-refractivity contribution in [3.8, 4) is 5.75 Å². The second-order valence-corrected chi connectivity index (χ2v) is 7.84. The Morgan fingerprint density at radius 2 is 1.80 bits per heavy atom. The zero-order chi connectivity index (χ0) is 25.2. The summed E-state index contributed by atoms with van der Waals surface area (Å²) in [6.45, 7) is 1.99. The number of ether oxygens (including phenoxy) is 1. The highest BCUT2D eigenvalue weighted by molar-refractivity contribution is 6.46. The van der Waals surface area contributed by atoms with Gasteiger partial charge in [0.15, 0.2) is 0 Å². The van der Waals surface area contributed by atoms with Crippen molar-refractivity contribution in [2.45, 2.75) is 25.7 Å². The molecule has 4 rings (SSSR count). The molecule has 1 aliphatic heterocycles. The van der Waals surface area contributed by atoms with Gasteiger partial charge in [0.2, 0.25) is 0 Å². The molecule has 1 aliphatic rings. The van der Waals surface area contributed by atoms with Gasteiger partial charge in [0, 0.05) is 18.3 Å². The van der Waals surface area contributed by atoms with Gasteiger partial charge in [0.25, 0.3) is 11.7 Å². The summed E-state index contributed by atoms with van der Waals surface area (Å²) in [4.78, 5) is 31.5. The third kappa shape index (κ3) is 4.89. The fourth-order valence-electron chi connectivity index (χ4n) is 3.96. The fourth-order valence-corrected chi connectivity index (χ4v) is 3.96. The average Bonchev–Trinajstić information content (AvgIpc) is 3.09. The SMILES string of the molecule is CCOc1ccc(/C(O)=C2\C(=O)C(=O)N(Cc3cccc(C(F)(F)F)c3)C2c2ccccn2)cc1. The van der Waals surface area contributed by atoms with Gasteiger partial charge in [0.1, 0.15) is 17.6 Å². The molecule has 0 saturated carbocycles. The van der Waals surface area contributed by atoms with Crippen LogP contribution in [0.1, 0.15) is 35.3 Å². The molecule has 0 bridgehead atoms. The predicted molar refractivity (Wildman–Crippen MR) is 121 cm³/mol. The minimum atomic E-state index is -4.56. The molecule has 1 atom stereocenters. The predicted octanol–water partition coefficient (Wildman–Crippen LogP) is 5.12. The summed E-state index contributed by atoms with van der Waals surface area (Å²) in [5.41, 5.74) is -0.290. The average molecular weight is 482 g/mol. The van der Waals surface area contributed by atoms with Crippen LogP contribution in [0.3, 0.4) is 0 Å². The van der Waals surface area contributed by atoms with E-state index >= 15 is 0 Å². The van der Waals surface area contributed by atoms with Crippen molar-refractivity contribution < 1.29 is 32.6 Å². The number of benzene rings is 2. The zero-order valence-electron chi connectivity index (χ0n) is 18.6. The van der Waals surface area contributed by atoms with Crippen LogP contribution in [-0.4, -0.2) is 33.3 Å². The number of aliphatic hydroxyl groups excluding tert-OH is 1. The molecular weight excluding hydrogens is 461 g/mol. The minimum Gasteiger partial charge on any atom is -0.507 e. The molecule has 0 aliphatic carbocycles. The van der Waals surface area contributed by atoms with Gasteiger partial charge in [-0.25, -0.2) is 0 Å². The number of alkyl halides is 3. The highest BCUT2D eigenvalue weighted by Crippen LogP contribution is 2.40. The highest BCUT2D eigenvalue weighted by atomic mass is 19.4. The molecule has 2 heterocycles. The standard InChI is InChI=1S/C26H21F3N2O4/c1-2-35-19-11-9-17(10-12-19)23(32)21-22(20-8-3-4-13-30-20)31(25(34)24(21)33)15-16-6-5-7-18(14-16)26(27,28)29/h3-14,22,32H,2,15H2,1H3/b23-21+. The number of Topliss-reactive ketones (excluding diaryl/α,β-unsaturated/α-hetero) is 1. The van der Waals surface area contributed by atoms with Crippen molar-refractivity contribution in [3.05, 3.63) is 101 Å². The first kappa shape index (κ1) is 24.0. The van der Waals surface area contributed by atoms with Gasteiger partial charge in [-0.3, -0.25) is 14.6 Å². The van der Waals surface area contributed by atoms with Crippen molar-refractivity contribution in [2.75, 3.05) is 6.61 Å². The van der Waals surface area contributed by atoms with Crippen LogP contribution in [0, 0.1) is 0 Å². The summed E-state index contributed by atoms with van der Waals surface area (Å²) in [6, 6.07) is 14.7. The summed E-state index contributed by atoms with van der Waals surface area (Å²) < 4.78 is 45.0. The number of aliphatic hydroxyl groups is 1. The largest absolute Gasteiger partial charge is 0.507 e. The summed E-state index contributed by atoms with van der Waals surface area (Å²) >= 11 is 0. The Balaban J connectivity index is 1.79. The number of ketones is 1. The molecule has 1 amide bonds. The molecule has 1 unspecified atom stereocenters. The van der Waals surface area contributed by atoms with E-state index in [-0.39, 0.29) is 23.2 Å². The number of likely N-dealkylation sites (tertiary alicyclic amines) is 1. The number of amides is 1. The van der Waals surface area contributed by atoms with Crippen LogP contribution in [-0.2, 0) is 22.3 Å². The molecular formula is C26H21F3N2O4. The van der Waals surface area contributed by atoms with Gasteiger partial charge in [-0.1, -0.05) is 18.2 Å². The first-order valence-electron chi connectivity index (χ1n) is 10.8. The lowest BCUT2D eigenvalue weighted by molar-refractivity contribution is -0.140. The van der Waals surface area contributed by atoms with E-state index < -0.39 is 35.2 Å². The number of halogens is 3. The van der Waals surface area contributed by atoms with Crippen LogP contribution in [0.15, 0.2) is 78.5 Å². The van der Waals surface area contributed by atoms with E-state index in [1.807, 2.05) is 6.92 Å². The molecule has 1 aromatic heterocycles. The molecule has 0 radical (unpaired) electrons. The van der Waals surface area contributed by atoms with Gasteiger partial charge in [0.05, 0.1) is 23.4 Å². The topological polar surface area (TPSA) is 79.7 Å². The monoisotopic (exact) mass is 482 g/mol. The fraction of sp³-hybridized carbons (Fsp3) is 0.192. The Bertz CT molecular complexity index is 1270. The van der Waals surface area contributed by atoms with E-state index in [2.05, 4.69) is 4.98 Å². The molecule has 0 spiro atoms. The van der Waals surface area contributed by atoms with E-state index in [1.165, 1.54) is 18.3 Å². The van der Waals surface area contributed by atoms with E-state index in [0.29, 0.717) is 18.1 Å². The van der Waals surface area contributed by atoms with Gasteiger partial charge in [-0.2, -0.15) is 13.2 Å². The number of nitrogens with zero attached hydrogens (tertiary/aromatic N) is 2. The highest BCUT2D eigenvalue weighted by Gasteiger charge is 2.46. The first-order chi connectivity index (χ1) is 16.7. The van der Waals surface area contributed by atoms with E-state index in [1.54, 1.807) is 42.5 Å². The van der Waals surface area contributed by atoms with Crippen molar-refractivity contribution in [2.24, 2.45) is 0 Å². The summed E-state index contributed by atoms with van der Waals surface area (Å²) in [6.07, 6.45) is -3.09. The number of pyridine rings is 1. The Morgan fingerprint density at radius 1 is 1.06 bits per heavy atom. The van der Waals surface area contributed by atoms with Crippen LogP contribution in [0.4, 0.5) is 13.2 Å². The Labute approximate surface area is 199 Å². The maximum atomic E-state index is 13.2. The molecule has 9 heteroatoms. The molecule has 2 aromatic carbocycles. The van der Waals surface area contributed by atoms with Crippen LogP contribution in [0.2, 0.25) is 0 Å². The summed E-state index contributed by atoms with van der Waals surface area (Å²) in [5.74, 6) is -1.73. The number of carbonyl (C=O) groups is 2. The van der Waals surface area contributed by atoms with Crippen LogP contribution >= 0.6 is 0 Å². The molecule has 1 saturated heterocycles. The van der Waals surface area contributed by atoms with E-state index in [9.17, 15) is 27.9 Å². The second-order valence-electron chi connectivity index (χ2n) is 7.84. The lowest BCUT2D eigenvalue weighted by Crippen LogP contribution is -2.29. The number of rotatable bonds is 6. The van der Waals surface area contributed by atoms with E-state index in [4.69, 9.17) is 4.74 Å². The molecule has 1 N–H and O–H groups in total. The maximum Gasteiger partial charge on any atom is 0.416 e. The quantitative estimate of drug-likeness (QED) is 0.300. The van der Waals surface area contributed by atoms with E-state index in [0.717, 1.165) is 17.0 Å². The maximum absolute atomic E-state index is 13.2. The molecule has 35 heavy (non-hydrogen) atoms. The lowest BCUT2D eigenvalue weighted by atomic mass is 9.98. The number of aromatic nitrogens is 1. The zero-order valence-corrected chi connectivity index (χ0v) is 18.6. The Morgan fingerprint density at radius 3 is 2.43 bits per heavy atom. The van der Waals surface area contributed by atoms with Crippen molar-refractivity contribution in [1.82, 2.24) is 9.88 Å². The number of carbonyl (C=O) groups excluding carboxylic acids is 2. The lowest BCUT2D eigenvalue weighted by Gasteiger charge is -2.25. The third-order valence-corrected chi connectivity index (χ3v) is 5.55. The van der Waals surface area contributed by atoms with Crippen molar-refractivity contribution >= 4 is 17.4 Å². The van der Waals surface area contributed by atoms with Gasteiger partial charge >= 0.3 is 6.18 Å². The smallest absolute Gasteiger partial charge is 0.416 e. The second kappa shape index (κ2) is 9.61. The summed E-state index contributed by atoms with van der Waals surface area (Å²) in [7, 11) is 0. The normalized spacial score (nSPS) is 17.6. The van der Waals surface area contributed by atoms with Gasteiger partial charge in [-0.15, -0.1) is 0 Å². The molecule has 180 valence electrons. The third-order valence-electron chi connectivity index (χ3n) is 5.55.